The topological polar surface area (TPSA) is 70.5 Å². The lowest BCUT2D eigenvalue weighted by atomic mass is 9.90. The fraction of sp³-hybridized carbons (Fsp3) is 0.696. The van der Waals surface area contributed by atoms with Gasteiger partial charge in [-0.15, -0.1) is 11.3 Å². The van der Waals surface area contributed by atoms with Gasteiger partial charge in [-0.05, 0) is 51.5 Å². The molecule has 2 saturated carbocycles. The standard InChI is InChI=1S/C23H33N5O2S/c1-15-19-14-20(31-22(19)28(25-15)18-6-4-3-5-7-18)21(29)24-16-8-10-17(11-9-16)27-13-12-26(2)23(27)30/h14,16-18H,3-13H2,1-2H3,(H,24,29)/t16-,17-. The second-order valence-corrected chi connectivity index (χ2v) is 10.6. The highest BCUT2D eigenvalue weighted by atomic mass is 32.1. The van der Waals surface area contributed by atoms with Crippen molar-refractivity contribution in [1.29, 1.82) is 0 Å². The van der Waals surface area contributed by atoms with Gasteiger partial charge in [0.1, 0.15) is 4.83 Å². The van der Waals surface area contributed by atoms with Crippen molar-refractivity contribution in [3.8, 4) is 0 Å². The van der Waals surface area contributed by atoms with E-state index in [0.717, 1.165) is 59.6 Å². The zero-order valence-corrected chi connectivity index (χ0v) is 19.4. The number of thiophene rings is 1. The summed E-state index contributed by atoms with van der Waals surface area (Å²) in [6, 6.07) is 3.17. The molecule has 3 heterocycles. The zero-order chi connectivity index (χ0) is 21.5. The van der Waals surface area contributed by atoms with Crippen LogP contribution in [0.3, 0.4) is 0 Å². The number of aromatic nitrogens is 2. The number of urea groups is 1. The largest absolute Gasteiger partial charge is 0.349 e. The Morgan fingerprint density at radius 2 is 1.81 bits per heavy atom. The second kappa shape index (κ2) is 8.45. The summed E-state index contributed by atoms with van der Waals surface area (Å²) in [6.07, 6.45) is 10.0. The van der Waals surface area contributed by atoms with Crippen LogP contribution in [0.15, 0.2) is 6.07 Å². The van der Waals surface area contributed by atoms with Gasteiger partial charge in [-0.2, -0.15) is 5.10 Å². The maximum Gasteiger partial charge on any atom is 0.320 e. The lowest BCUT2D eigenvalue weighted by Crippen LogP contribution is -2.45. The molecule has 168 valence electrons. The summed E-state index contributed by atoms with van der Waals surface area (Å²) in [5.74, 6) is 0.0382. The molecule has 0 spiro atoms. The Labute approximate surface area is 187 Å². The Balaban J connectivity index is 1.22. The average Bonchev–Trinajstić information content (AvgIpc) is 3.45. The molecule has 2 aliphatic carbocycles. The highest BCUT2D eigenvalue weighted by Crippen LogP contribution is 2.35. The van der Waals surface area contributed by atoms with Gasteiger partial charge >= 0.3 is 6.03 Å². The van der Waals surface area contributed by atoms with Crippen molar-refractivity contribution in [3.05, 3.63) is 16.6 Å². The summed E-state index contributed by atoms with van der Waals surface area (Å²) in [5.41, 5.74) is 1.02. The molecule has 0 unspecified atom stereocenters. The number of fused-ring (bicyclic) bond motifs is 1. The molecule has 0 bridgehead atoms. The highest BCUT2D eigenvalue weighted by Gasteiger charge is 2.34. The Morgan fingerprint density at radius 3 is 2.48 bits per heavy atom. The molecule has 1 N–H and O–H groups in total. The van der Waals surface area contributed by atoms with Crippen molar-refractivity contribution < 1.29 is 9.59 Å². The molecule has 8 heteroatoms. The number of aryl methyl sites for hydroxylation is 1. The number of carbonyl (C=O) groups excluding carboxylic acids is 2. The molecule has 1 aliphatic heterocycles. The first-order chi connectivity index (χ1) is 15.0. The first-order valence-electron chi connectivity index (χ1n) is 11.8. The maximum atomic E-state index is 13.0. The van der Waals surface area contributed by atoms with Gasteiger partial charge in [-0.3, -0.25) is 9.48 Å². The summed E-state index contributed by atoms with van der Waals surface area (Å²) in [5, 5.41) is 9.20. The second-order valence-electron chi connectivity index (χ2n) is 9.53. The van der Waals surface area contributed by atoms with Gasteiger partial charge < -0.3 is 15.1 Å². The number of nitrogens with one attached hydrogen (secondary N) is 1. The zero-order valence-electron chi connectivity index (χ0n) is 18.6. The van der Waals surface area contributed by atoms with Crippen molar-refractivity contribution in [1.82, 2.24) is 24.9 Å². The molecule has 31 heavy (non-hydrogen) atoms. The van der Waals surface area contributed by atoms with E-state index >= 15 is 0 Å². The molecule has 2 aromatic heterocycles. The number of hydrogen-bond donors (Lipinski definition) is 1. The molecule has 0 radical (unpaired) electrons. The number of carbonyl (C=O) groups is 2. The van der Waals surface area contributed by atoms with Gasteiger partial charge in [-0.1, -0.05) is 19.3 Å². The van der Waals surface area contributed by atoms with Gasteiger partial charge in [0, 0.05) is 37.6 Å². The quantitative estimate of drug-likeness (QED) is 0.765. The Kier molecular flexibility index (Phi) is 5.67. The van der Waals surface area contributed by atoms with Crippen LogP contribution in [0.25, 0.3) is 10.2 Å². The summed E-state index contributed by atoms with van der Waals surface area (Å²) >= 11 is 1.59. The van der Waals surface area contributed by atoms with Gasteiger partial charge in [0.05, 0.1) is 16.6 Å². The lowest BCUT2D eigenvalue weighted by molar-refractivity contribution is 0.0918. The number of amides is 3. The summed E-state index contributed by atoms with van der Waals surface area (Å²) in [7, 11) is 1.87. The number of hydrogen-bond acceptors (Lipinski definition) is 4. The van der Waals surface area contributed by atoms with Crippen LogP contribution in [0.4, 0.5) is 4.79 Å². The van der Waals surface area contributed by atoms with Gasteiger partial charge in [0.25, 0.3) is 5.91 Å². The summed E-state index contributed by atoms with van der Waals surface area (Å²) in [4.78, 5) is 31.0. The van der Waals surface area contributed by atoms with Crippen LogP contribution in [0.1, 0.15) is 79.2 Å². The predicted octanol–water partition coefficient (Wildman–Crippen LogP) is 4.32. The highest BCUT2D eigenvalue weighted by molar-refractivity contribution is 7.20. The van der Waals surface area contributed by atoms with Crippen molar-refractivity contribution in [2.24, 2.45) is 0 Å². The van der Waals surface area contributed by atoms with Gasteiger partial charge in [0.15, 0.2) is 0 Å². The molecular weight excluding hydrogens is 410 g/mol. The van der Waals surface area contributed by atoms with E-state index in [-0.39, 0.29) is 18.0 Å². The van der Waals surface area contributed by atoms with E-state index in [2.05, 4.69) is 16.9 Å². The van der Waals surface area contributed by atoms with Crippen LogP contribution in [0.5, 0.6) is 0 Å². The fourth-order valence-corrected chi connectivity index (χ4v) is 6.69. The molecule has 0 aromatic carbocycles. The third kappa shape index (κ3) is 3.95. The predicted molar refractivity (Wildman–Crippen MR) is 123 cm³/mol. The first-order valence-corrected chi connectivity index (χ1v) is 12.6. The van der Waals surface area contributed by atoms with E-state index in [1.54, 1.807) is 16.2 Å². The molecule has 3 aliphatic rings. The van der Waals surface area contributed by atoms with E-state index in [1.807, 2.05) is 18.0 Å². The molecule has 0 atom stereocenters. The van der Waals surface area contributed by atoms with E-state index in [4.69, 9.17) is 5.10 Å². The van der Waals surface area contributed by atoms with Crippen molar-refractivity contribution >= 4 is 33.5 Å². The maximum absolute atomic E-state index is 13.0. The van der Waals surface area contributed by atoms with Crippen LogP contribution >= 0.6 is 11.3 Å². The van der Waals surface area contributed by atoms with Crippen molar-refractivity contribution in [2.45, 2.75) is 82.8 Å². The van der Waals surface area contributed by atoms with E-state index in [0.29, 0.717) is 12.1 Å². The van der Waals surface area contributed by atoms with Crippen molar-refractivity contribution in [2.75, 3.05) is 20.1 Å². The average molecular weight is 444 g/mol. The number of rotatable bonds is 4. The summed E-state index contributed by atoms with van der Waals surface area (Å²) in [6.45, 7) is 3.70. The minimum Gasteiger partial charge on any atom is -0.349 e. The van der Waals surface area contributed by atoms with Gasteiger partial charge in [-0.25, -0.2) is 4.79 Å². The molecule has 1 saturated heterocycles. The molecule has 3 amide bonds. The normalized spacial score (nSPS) is 25.5. The van der Waals surface area contributed by atoms with E-state index < -0.39 is 0 Å². The van der Waals surface area contributed by atoms with Gasteiger partial charge in [0.2, 0.25) is 0 Å². The van der Waals surface area contributed by atoms with Crippen LogP contribution in [0.2, 0.25) is 0 Å². The smallest absolute Gasteiger partial charge is 0.320 e. The van der Waals surface area contributed by atoms with Crippen LogP contribution < -0.4 is 5.32 Å². The monoisotopic (exact) mass is 443 g/mol. The third-order valence-electron chi connectivity index (χ3n) is 7.43. The Hall–Kier alpha value is -2.09. The first kappa shape index (κ1) is 20.8. The SMILES string of the molecule is Cc1nn(C2CCCCC2)c2sc(C(=O)N[C@H]3CC[C@H](N4CCN(C)C4=O)CC3)cc12. The Bertz CT molecular complexity index is 968. The minimum absolute atomic E-state index is 0.0382. The van der Waals surface area contributed by atoms with Crippen LogP contribution in [-0.4, -0.2) is 63.7 Å². The third-order valence-corrected chi connectivity index (χ3v) is 8.56. The van der Waals surface area contributed by atoms with E-state index in [1.165, 1.54) is 32.1 Å². The minimum atomic E-state index is 0.0382. The molecule has 5 rings (SSSR count). The number of likely N-dealkylation sites (N-methyl/N-ethyl adjacent to an activating group) is 1. The molecule has 7 nitrogen and oxygen atoms in total. The molecule has 2 aromatic rings. The fourth-order valence-electron chi connectivity index (χ4n) is 5.55. The summed E-state index contributed by atoms with van der Waals surface area (Å²) < 4.78 is 2.19. The lowest BCUT2D eigenvalue weighted by Gasteiger charge is -2.34. The van der Waals surface area contributed by atoms with Crippen molar-refractivity contribution in [3.63, 3.8) is 0 Å². The van der Waals surface area contributed by atoms with E-state index in [9.17, 15) is 9.59 Å². The molecular formula is C23H33N5O2S. The number of nitrogens with zero attached hydrogens (tertiary/aromatic N) is 4. The van der Waals surface area contributed by atoms with Crippen LogP contribution in [0, 0.1) is 6.92 Å². The molecule has 3 fully saturated rings. The Morgan fingerprint density at radius 1 is 1.06 bits per heavy atom. The van der Waals surface area contributed by atoms with Crippen LogP contribution in [-0.2, 0) is 0 Å².